The number of halogens is 4. The van der Waals surface area contributed by atoms with Gasteiger partial charge in [0.25, 0.3) is 0 Å². The maximum Gasteiger partial charge on any atom is 0.417 e. The Balaban J connectivity index is 2.12. The van der Waals surface area contributed by atoms with Crippen molar-refractivity contribution in [3.63, 3.8) is 0 Å². The van der Waals surface area contributed by atoms with E-state index in [1.807, 2.05) is 0 Å². The lowest BCUT2D eigenvalue weighted by Gasteiger charge is -2.36. The van der Waals surface area contributed by atoms with Gasteiger partial charge in [0.05, 0.1) is 23.8 Å². The van der Waals surface area contributed by atoms with Gasteiger partial charge in [-0.3, -0.25) is 4.79 Å². The van der Waals surface area contributed by atoms with Crippen LogP contribution < -0.4 is 4.74 Å². The molecule has 26 heavy (non-hydrogen) atoms. The van der Waals surface area contributed by atoms with Crippen LogP contribution in [0.25, 0.3) is 0 Å². The molecule has 0 fully saturated rings. The number of aliphatic hydroxyl groups is 1. The minimum atomic E-state index is -4.67. The third kappa shape index (κ3) is 3.24. The highest BCUT2D eigenvalue weighted by molar-refractivity contribution is 6.31. The second-order valence-corrected chi connectivity index (χ2v) is 6.21. The Kier molecular flexibility index (Phi) is 4.86. The molecule has 1 aliphatic rings. The SMILES string of the molecule is COC(=O)C1C(O)c2ccccc2OC1c1ccc(Cl)c(C(F)(F)F)c1. The molecule has 138 valence electrons. The Bertz CT molecular complexity index is 837. The zero-order chi connectivity index (χ0) is 19.1. The van der Waals surface area contributed by atoms with E-state index in [1.54, 1.807) is 24.3 Å². The van der Waals surface area contributed by atoms with Gasteiger partial charge in [0.1, 0.15) is 17.8 Å². The third-order valence-electron chi connectivity index (χ3n) is 4.26. The number of alkyl halides is 3. The van der Waals surface area contributed by atoms with Crippen LogP contribution in [0.5, 0.6) is 5.75 Å². The van der Waals surface area contributed by atoms with Gasteiger partial charge >= 0.3 is 12.1 Å². The Hall–Kier alpha value is -2.25. The van der Waals surface area contributed by atoms with Gasteiger partial charge in [-0.15, -0.1) is 0 Å². The van der Waals surface area contributed by atoms with Crippen LogP contribution in [0, 0.1) is 5.92 Å². The number of methoxy groups -OCH3 is 1. The van der Waals surface area contributed by atoms with Crippen LogP contribution in [0.4, 0.5) is 13.2 Å². The molecule has 3 rings (SSSR count). The lowest BCUT2D eigenvalue weighted by molar-refractivity contribution is -0.156. The molecule has 0 bridgehead atoms. The molecular formula is C18H14ClF3O4. The molecule has 1 heterocycles. The average molecular weight is 387 g/mol. The predicted octanol–water partition coefficient (Wildman–Crippen LogP) is 4.32. The fraction of sp³-hybridized carbons (Fsp3) is 0.278. The van der Waals surface area contributed by atoms with Gasteiger partial charge < -0.3 is 14.6 Å². The molecule has 0 amide bonds. The van der Waals surface area contributed by atoms with Gasteiger partial charge in [0, 0.05) is 5.56 Å². The smallest absolute Gasteiger partial charge is 0.417 e. The quantitative estimate of drug-likeness (QED) is 0.781. The molecule has 3 unspecified atom stereocenters. The lowest BCUT2D eigenvalue weighted by atomic mass is 9.84. The summed E-state index contributed by atoms with van der Waals surface area (Å²) in [6, 6.07) is 9.70. The van der Waals surface area contributed by atoms with Crippen molar-refractivity contribution in [2.75, 3.05) is 7.11 Å². The van der Waals surface area contributed by atoms with Gasteiger partial charge in [-0.05, 0) is 23.8 Å². The number of hydrogen-bond donors (Lipinski definition) is 1. The molecule has 2 aromatic rings. The highest BCUT2D eigenvalue weighted by Crippen LogP contribution is 2.46. The maximum atomic E-state index is 13.2. The highest BCUT2D eigenvalue weighted by atomic mass is 35.5. The van der Waals surface area contributed by atoms with Crippen LogP contribution in [0.3, 0.4) is 0 Å². The van der Waals surface area contributed by atoms with E-state index in [9.17, 15) is 23.1 Å². The number of aliphatic hydroxyl groups excluding tert-OH is 1. The van der Waals surface area contributed by atoms with E-state index in [4.69, 9.17) is 21.1 Å². The molecule has 0 radical (unpaired) electrons. The minimum Gasteiger partial charge on any atom is -0.484 e. The first-order chi connectivity index (χ1) is 12.2. The molecule has 1 aliphatic heterocycles. The molecular weight excluding hydrogens is 373 g/mol. The normalized spacial score (nSPS) is 22.3. The van der Waals surface area contributed by atoms with E-state index in [2.05, 4.69) is 0 Å². The monoisotopic (exact) mass is 386 g/mol. The topological polar surface area (TPSA) is 55.8 Å². The first-order valence-electron chi connectivity index (χ1n) is 7.62. The molecule has 1 N–H and O–H groups in total. The van der Waals surface area contributed by atoms with Crippen molar-refractivity contribution in [2.45, 2.75) is 18.4 Å². The van der Waals surface area contributed by atoms with Crippen LogP contribution in [0.15, 0.2) is 42.5 Å². The first kappa shape index (κ1) is 18.5. The summed E-state index contributed by atoms with van der Waals surface area (Å²) in [7, 11) is 1.13. The maximum absolute atomic E-state index is 13.2. The van der Waals surface area contributed by atoms with Crippen LogP contribution in [0.2, 0.25) is 5.02 Å². The van der Waals surface area contributed by atoms with Crippen molar-refractivity contribution in [1.29, 1.82) is 0 Å². The number of rotatable bonds is 2. The van der Waals surface area contributed by atoms with Crippen LogP contribution >= 0.6 is 11.6 Å². The molecule has 0 saturated heterocycles. The van der Waals surface area contributed by atoms with Crippen molar-refractivity contribution >= 4 is 17.6 Å². The van der Waals surface area contributed by atoms with Crippen molar-refractivity contribution < 1.29 is 32.5 Å². The van der Waals surface area contributed by atoms with Gasteiger partial charge in [0.15, 0.2) is 0 Å². The molecule has 8 heteroatoms. The fourth-order valence-electron chi connectivity index (χ4n) is 3.00. The predicted molar refractivity (Wildman–Crippen MR) is 86.7 cm³/mol. The second-order valence-electron chi connectivity index (χ2n) is 5.81. The van der Waals surface area contributed by atoms with Gasteiger partial charge in [-0.2, -0.15) is 13.2 Å². The average Bonchev–Trinajstić information content (AvgIpc) is 2.60. The zero-order valence-electron chi connectivity index (χ0n) is 13.5. The van der Waals surface area contributed by atoms with Crippen LogP contribution in [0.1, 0.15) is 28.9 Å². The summed E-state index contributed by atoms with van der Waals surface area (Å²) in [5.74, 6) is -1.73. The number of hydrogen-bond acceptors (Lipinski definition) is 4. The first-order valence-corrected chi connectivity index (χ1v) is 8.00. The van der Waals surface area contributed by atoms with Crippen LogP contribution in [-0.4, -0.2) is 18.2 Å². The number of esters is 1. The van der Waals surface area contributed by atoms with Crippen molar-refractivity contribution in [3.8, 4) is 5.75 Å². The molecule has 0 spiro atoms. The summed E-state index contributed by atoms with van der Waals surface area (Å²) in [6.07, 6.45) is -7.12. The van der Waals surface area contributed by atoms with E-state index in [1.165, 1.54) is 6.07 Å². The van der Waals surface area contributed by atoms with Gasteiger partial charge in [-0.1, -0.05) is 35.9 Å². The molecule has 0 saturated carbocycles. The van der Waals surface area contributed by atoms with Gasteiger partial charge in [-0.25, -0.2) is 0 Å². The Morgan fingerprint density at radius 1 is 1.23 bits per heavy atom. The van der Waals surface area contributed by atoms with Crippen molar-refractivity contribution in [3.05, 3.63) is 64.2 Å². The molecule has 0 aromatic heterocycles. The van der Waals surface area contributed by atoms with E-state index < -0.39 is 40.9 Å². The van der Waals surface area contributed by atoms with Crippen LogP contribution in [-0.2, 0) is 15.7 Å². The number of carbonyl (C=O) groups is 1. The Labute approximate surface area is 152 Å². The number of ether oxygens (including phenoxy) is 2. The third-order valence-corrected chi connectivity index (χ3v) is 4.59. The summed E-state index contributed by atoms with van der Waals surface area (Å²) >= 11 is 5.65. The molecule has 0 aliphatic carbocycles. The van der Waals surface area contributed by atoms with Crippen molar-refractivity contribution in [1.82, 2.24) is 0 Å². The van der Waals surface area contributed by atoms with Crippen molar-refractivity contribution in [2.24, 2.45) is 5.92 Å². The minimum absolute atomic E-state index is 0.0608. The summed E-state index contributed by atoms with van der Waals surface area (Å²) in [5, 5.41) is 10.1. The standard InChI is InChI=1S/C18H14ClF3O4/c1-25-17(24)14-15(23)10-4-2-3-5-13(10)26-16(14)9-6-7-12(19)11(8-9)18(20,21)22/h2-8,14-16,23H,1H3. The number of para-hydroxylation sites is 1. The Morgan fingerprint density at radius 2 is 1.92 bits per heavy atom. The lowest BCUT2D eigenvalue weighted by Crippen LogP contribution is -2.36. The second kappa shape index (κ2) is 6.81. The van der Waals surface area contributed by atoms with E-state index in [-0.39, 0.29) is 11.3 Å². The molecule has 2 aromatic carbocycles. The number of carbonyl (C=O) groups excluding carboxylic acids is 1. The summed E-state index contributed by atoms with van der Waals surface area (Å²) < 4.78 is 50.0. The number of fused-ring (bicyclic) bond motifs is 1. The van der Waals surface area contributed by atoms with E-state index in [0.717, 1.165) is 19.2 Å². The summed E-state index contributed by atoms with van der Waals surface area (Å²) in [4.78, 5) is 12.2. The molecule has 3 atom stereocenters. The largest absolute Gasteiger partial charge is 0.484 e. The van der Waals surface area contributed by atoms with E-state index >= 15 is 0 Å². The molecule has 4 nitrogen and oxygen atoms in total. The Morgan fingerprint density at radius 3 is 2.58 bits per heavy atom. The zero-order valence-corrected chi connectivity index (χ0v) is 14.2. The number of benzene rings is 2. The van der Waals surface area contributed by atoms with E-state index in [0.29, 0.717) is 5.56 Å². The summed E-state index contributed by atoms with van der Waals surface area (Å²) in [5.41, 5.74) is -0.618. The van der Waals surface area contributed by atoms with Gasteiger partial charge in [0.2, 0.25) is 0 Å². The summed E-state index contributed by atoms with van der Waals surface area (Å²) in [6.45, 7) is 0. The fourth-order valence-corrected chi connectivity index (χ4v) is 3.23. The highest BCUT2D eigenvalue weighted by Gasteiger charge is 2.44.